The first-order valence-corrected chi connectivity index (χ1v) is 7.50. The molecule has 1 aliphatic rings. The summed E-state index contributed by atoms with van der Waals surface area (Å²) < 4.78 is 13.0. The van der Waals surface area contributed by atoms with E-state index in [4.69, 9.17) is 15.2 Å². The molecule has 9 heteroatoms. The number of aliphatic hydroxyl groups is 2. The molecule has 0 saturated carbocycles. The quantitative estimate of drug-likeness (QED) is 0.698. The number of hydrogen-bond donors (Lipinski definition) is 3. The van der Waals surface area contributed by atoms with Crippen LogP contribution in [0.4, 0.5) is 5.82 Å². The lowest BCUT2D eigenvalue weighted by Gasteiger charge is -2.23. The minimum absolute atomic E-state index is 0.295. The predicted octanol–water partition coefficient (Wildman–Crippen LogP) is -0.208. The van der Waals surface area contributed by atoms with E-state index in [0.717, 1.165) is 0 Å². The smallest absolute Gasteiger partial charge is 0.163 e. The maximum absolute atomic E-state index is 10.0. The highest BCUT2D eigenvalue weighted by Crippen LogP contribution is 2.38. The van der Waals surface area contributed by atoms with Crippen molar-refractivity contribution in [2.24, 2.45) is 0 Å². The van der Waals surface area contributed by atoms with Gasteiger partial charge in [0.1, 0.15) is 36.1 Å². The van der Waals surface area contributed by atoms with Gasteiger partial charge in [0.05, 0.1) is 18.4 Å². The summed E-state index contributed by atoms with van der Waals surface area (Å²) in [5.41, 5.74) is 6.94. The highest BCUT2D eigenvalue weighted by atomic mass is 16.8. The van der Waals surface area contributed by atoms with Gasteiger partial charge < -0.3 is 25.4 Å². The Bertz CT molecular complexity index is 784. The van der Waals surface area contributed by atoms with Crippen molar-refractivity contribution in [2.75, 3.05) is 12.3 Å². The van der Waals surface area contributed by atoms with E-state index in [2.05, 4.69) is 16.2 Å². The molecular formula is C15H19N5O4. The number of nitrogens with zero attached hydrogens (tertiary/aromatic N) is 4. The maximum atomic E-state index is 10.0. The summed E-state index contributed by atoms with van der Waals surface area (Å²) in [5, 5.41) is 33.2. The number of hydrogen-bond acceptors (Lipinski definition) is 8. The Kier molecular flexibility index (Phi) is 4.15. The Morgan fingerprint density at radius 2 is 2.12 bits per heavy atom. The van der Waals surface area contributed by atoms with Crippen LogP contribution < -0.4 is 5.73 Å². The number of anilines is 1. The molecule has 1 fully saturated rings. The number of nitriles is 1. The van der Waals surface area contributed by atoms with Crippen LogP contribution in [0.15, 0.2) is 18.5 Å². The van der Waals surface area contributed by atoms with Crippen molar-refractivity contribution >= 4 is 11.3 Å². The van der Waals surface area contributed by atoms with Crippen LogP contribution in [0.25, 0.3) is 5.52 Å². The first-order chi connectivity index (χ1) is 11.4. The fourth-order valence-corrected chi connectivity index (χ4v) is 2.99. The van der Waals surface area contributed by atoms with Crippen LogP contribution in [0, 0.1) is 11.3 Å². The zero-order chi connectivity index (χ0) is 17.5. The predicted molar refractivity (Wildman–Crippen MR) is 82.7 cm³/mol. The molecular weight excluding hydrogens is 314 g/mol. The zero-order valence-corrected chi connectivity index (χ0v) is 13.3. The molecule has 2 aromatic heterocycles. The van der Waals surface area contributed by atoms with E-state index in [1.807, 2.05) is 0 Å². The Labute approximate surface area is 138 Å². The van der Waals surface area contributed by atoms with Crippen molar-refractivity contribution in [2.45, 2.75) is 43.9 Å². The van der Waals surface area contributed by atoms with Crippen molar-refractivity contribution < 1.29 is 19.7 Å². The summed E-state index contributed by atoms with van der Waals surface area (Å²) >= 11 is 0. The molecule has 0 bridgehead atoms. The molecule has 3 rings (SSSR count). The van der Waals surface area contributed by atoms with Gasteiger partial charge in [-0.25, -0.2) is 9.50 Å². The lowest BCUT2D eigenvalue weighted by atomic mass is 9.93. The van der Waals surface area contributed by atoms with Gasteiger partial charge in [-0.3, -0.25) is 0 Å². The van der Waals surface area contributed by atoms with Crippen molar-refractivity contribution in [3.05, 3.63) is 24.2 Å². The average Bonchev–Trinajstić information content (AvgIpc) is 3.10. The van der Waals surface area contributed by atoms with Crippen LogP contribution >= 0.6 is 0 Å². The van der Waals surface area contributed by atoms with Crippen molar-refractivity contribution in [3.8, 4) is 6.07 Å². The Balaban J connectivity index is 2.04. The fraction of sp³-hybridized carbons (Fsp3) is 0.533. The lowest BCUT2D eigenvalue weighted by molar-refractivity contribution is -0.157. The van der Waals surface area contributed by atoms with E-state index in [9.17, 15) is 15.5 Å². The molecule has 1 unspecified atom stereocenters. The third-order valence-electron chi connectivity index (χ3n) is 4.03. The second-order valence-electron chi connectivity index (χ2n) is 6.12. The summed E-state index contributed by atoms with van der Waals surface area (Å²) in [6.07, 6.45) is -1.49. The summed E-state index contributed by atoms with van der Waals surface area (Å²) in [6.45, 7) is 2.88. The first kappa shape index (κ1) is 16.6. The van der Waals surface area contributed by atoms with Crippen LogP contribution in [0.3, 0.4) is 0 Å². The molecule has 4 atom stereocenters. The monoisotopic (exact) mass is 333 g/mol. The van der Waals surface area contributed by atoms with Crippen molar-refractivity contribution in [1.82, 2.24) is 14.6 Å². The number of aliphatic hydroxyl groups excluding tert-OH is 2. The molecule has 1 aliphatic heterocycles. The Morgan fingerprint density at radius 1 is 1.42 bits per heavy atom. The van der Waals surface area contributed by atoms with Gasteiger partial charge in [-0.05, 0) is 26.0 Å². The Hall–Kier alpha value is -2.25. The molecule has 0 radical (unpaired) electrons. The molecule has 1 saturated heterocycles. The van der Waals surface area contributed by atoms with Crippen molar-refractivity contribution in [1.29, 1.82) is 5.26 Å². The summed E-state index contributed by atoms with van der Waals surface area (Å²) in [4.78, 5) is 3.92. The van der Waals surface area contributed by atoms with E-state index in [-0.39, 0.29) is 0 Å². The molecule has 3 heterocycles. The number of nitrogens with two attached hydrogens (primary N) is 1. The van der Waals surface area contributed by atoms with E-state index in [0.29, 0.717) is 17.0 Å². The highest BCUT2D eigenvalue weighted by molar-refractivity contribution is 5.65. The third kappa shape index (κ3) is 2.70. The SMILES string of the molecule is CC1(C)O[C@H]([C@H](O)CO)[C@H](C(C#N)c2ccc3c(N)ncnn23)O1. The van der Waals surface area contributed by atoms with Gasteiger partial charge in [0.15, 0.2) is 11.6 Å². The normalized spacial score (nSPS) is 25.5. The van der Waals surface area contributed by atoms with E-state index in [1.165, 1.54) is 10.8 Å². The van der Waals surface area contributed by atoms with Crippen LogP contribution in [-0.4, -0.2) is 55.5 Å². The van der Waals surface area contributed by atoms with Crippen LogP contribution in [-0.2, 0) is 9.47 Å². The van der Waals surface area contributed by atoms with Gasteiger partial charge in [-0.2, -0.15) is 10.4 Å². The molecule has 128 valence electrons. The Morgan fingerprint density at radius 3 is 2.79 bits per heavy atom. The van der Waals surface area contributed by atoms with Gasteiger partial charge in [0.25, 0.3) is 0 Å². The first-order valence-electron chi connectivity index (χ1n) is 7.50. The molecule has 2 aromatic rings. The van der Waals surface area contributed by atoms with Gasteiger partial charge in [-0.1, -0.05) is 0 Å². The summed E-state index contributed by atoms with van der Waals surface area (Å²) in [6, 6.07) is 5.61. The second-order valence-corrected chi connectivity index (χ2v) is 6.12. The van der Waals surface area contributed by atoms with E-state index < -0.39 is 36.6 Å². The van der Waals surface area contributed by atoms with E-state index >= 15 is 0 Å². The number of ether oxygens (including phenoxy) is 2. The number of nitrogen functional groups attached to an aromatic ring is 1. The molecule has 0 amide bonds. The van der Waals surface area contributed by atoms with Crippen LogP contribution in [0.2, 0.25) is 0 Å². The number of fused-ring (bicyclic) bond motifs is 1. The highest BCUT2D eigenvalue weighted by Gasteiger charge is 2.49. The molecule has 24 heavy (non-hydrogen) atoms. The summed E-state index contributed by atoms with van der Waals surface area (Å²) in [7, 11) is 0. The molecule has 0 aliphatic carbocycles. The largest absolute Gasteiger partial charge is 0.394 e. The lowest BCUT2D eigenvalue weighted by Crippen LogP contribution is -2.40. The average molecular weight is 333 g/mol. The van der Waals surface area contributed by atoms with Gasteiger partial charge in [0, 0.05) is 0 Å². The van der Waals surface area contributed by atoms with Crippen molar-refractivity contribution in [3.63, 3.8) is 0 Å². The standard InChI is InChI=1S/C15H19N5O4/c1-15(2)23-12(13(24-15)11(22)6-21)8(5-16)9-3-4-10-14(17)18-7-19-20(9)10/h3-4,7-8,11-13,21-22H,6H2,1-2H3,(H2,17,18,19)/t8?,11-,12+,13-/m1/s1. The third-order valence-corrected chi connectivity index (χ3v) is 4.03. The van der Waals surface area contributed by atoms with Gasteiger partial charge in [-0.15, -0.1) is 0 Å². The summed E-state index contributed by atoms with van der Waals surface area (Å²) in [5.74, 6) is -1.47. The molecule has 4 N–H and O–H groups in total. The fourth-order valence-electron chi connectivity index (χ4n) is 2.99. The minimum atomic E-state index is -1.17. The second kappa shape index (κ2) is 5.99. The maximum Gasteiger partial charge on any atom is 0.163 e. The molecule has 0 spiro atoms. The molecule has 9 nitrogen and oxygen atoms in total. The minimum Gasteiger partial charge on any atom is -0.394 e. The topological polar surface area (TPSA) is 139 Å². The van der Waals surface area contributed by atoms with Crippen LogP contribution in [0.5, 0.6) is 0 Å². The zero-order valence-electron chi connectivity index (χ0n) is 13.3. The molecule has 0 aromatic carbocycles. The van der Waals surface area contributed by atoms with Gasteiger partial charge >= 0.3 is 0 Å². The van der Waals surface area contributed by atoms with Gasteiger partial charge in [0.2, 0.25) is 0 Å². The number of aromatic nitrogens is 3. The number of rotatable bonds is 4. The van der Waals surface area contributed by atoms with E-state index in [1.54, 1.807) is 26.0 Å². The van der Waals surface area contributed by atoms with Crippen LogP contribution in [0.1, 0.15) is 25.5 Å².